The van der Waals surface area contributed by atoms with Crippen molar-refractivity contribution in [2.24, 2.45) is 0 Å². The van der Waals surface area contributed by atoms with Crippen molar-refractivity contribution in [2.45, 2.75) is 83.9 Å². The molecule has 0 unspecified atom stereocenters. The highest BCUT2D eigenvalue weighted by Gasteiger charge is 2.38. The summed E-state index contributed by atoms with van der Waals surface area (Å²) in [4.78, 5) is 51.4. The molecule has 1 aliphatic rings. The van der Waals surface area contributed by atoms with E-state index in [-0.39, 0.29) is 49.2 Å². The maximum Gasteiger partial charge on any atom is 0.361 e. The Morgan fingerprint density at radius 2 is 0.958 bits per heavy atom. The van der Waals surface area contributed by atoms with Gasteiger partial charge in [0.2, 0.25) is 11.4 Å². The molecular formula is C26H30N10O8S4. The van der Waals surface area contributed by atoms with E-state index in [1.54, 1.807) is 37.1 Å². The van der Waals surface area contributed by atoms with Gasteiger partial charge in [-0.15, -0.1) is 20.4 Å². The number of hydrogen-bond donors (Lipinski definition) is 0. The maximum absolute atomic E-state index is 13.1. The van der Waals surface area contributed by atoms with Crippen LogP contribution in [0.3, 0.4) is 0 Å². The first-order chi connectivity index (χ1) is 23.3. The van der Waals surface area contributed by atoms with Crippen LogP contribution in [0.25, 0.3) is 0 Å². The fourth-order valence-electron chi connectivity index (χ4n) is 4.83. The molecule has 0 amide bonds. The summed E-state index contributed by atoms with van der Waals surface area (Å²) in [5.74, 6) is -2.70. The number of rotatable bonds is 14. The maximum atomic E-state index is 13.1. The molecule has 2 atom stereocenters. The van der Waals surface area contributed by atoms with E-state index in [4.69, 9.17) is 18.9 Å². The molecule has 0 bridgehead atoms. The van der Waals surface area contributed by atoms with E-state index in [0.29, 0.717) is 31.3 Å². The minimum absolute atomic E-state index is 0.000727. The minimum atomic E-state index is -0.695. The van der Waals surface area contributed by atoms with Crippen LogP contribution in [0.5, 0.6) is 0 Å². The number of carbonyl (C=O) groups is 4. The molecule has 256 valence electrons. The van der Waals surface area contributed by atoms with E-state index in [9.17, 15) is 19.2 Å². The Morgan fingerprint density at radius 3 is 1.31 bits per heavy atom. The van der Waals surface area contributed by atoms with Gasteiger partial charge in [-0.05, 0) is 63.6 Å². The highest BCUT2D eigenvalue weighted by atomic mass is 32.2. The highest BCUT2D eigenvalue weighted by molar-refractivity contribution is 8.01. The monoisotopic (exact) mass is 738 g/mol. The topological polar surface area (TPSA) is 218 Å². The fourth-order valence-corrected chi connectivity index (χ4v) is 8.38. The first-order valence-corrected chi connectivity index (χ1v) is 18.1. The van der Waals surface area contributed by atoms with Crippen LogP contribution in [0, 0.1) is 0 Å². The molecule has 48 heavy (non-hydrogen) atoms. The molecule has 0 radical (unpaired) electrons. The Balaban J connectivity index is 1.59. The molecule has 0 N–H and O–H groups in total. The molecular weight excluding hydrogens is 709 g/mol. The lowest BCUT2D eigenvalue weighted by molar-refractivity contribution is 0.0504. The number of hydrogen-bond acceptors (Lipinski definition) is 20. The van der Waals surface area contributed by atoms with Gasteiger partial charge < -0.3 is 18.9 Å². The lowest BCUT2D eigenvalue weighted by Gasteiger charge is -2.32. The molecule has 0 aromatic carbocycles. The van der Waals surface area contributed by atoms with Crippen LogP contribution >= 0.6 is 46.6 Å². The molecule has 0 spiro atoms. The van der Waals surface area contributed by atoms with E-state index in [1.807, 2.05) is 0 Å². The molecule has 1 saturated carbocycles. The van der Waals surface area contributed by atoms with Crippen molar-refractivity contribution < 1.29 is 38.1 Å². The summed E-state index contributed by atoms with van der Waals surface area (Å²) >= 11 is 4.03. The summed E-state index contributed by atoms with van der Waals surface area (Å²) in [7, 11) is 0. The lowest BCUT2D eigenvalue weighted by Crippen LogP contribution is -2.29. The van der Waals surface area contributed by atoms with Crippen molar-refractivity contribution in [1.29, 1.82) is 0 Å². The van der Waals surface area contributed by atoms with Crippen LogP contribution < -0.4 is 0 Å². The summed E-state index contributed by atoms with van der Waals surface area (Å²) < 4.78 is 32.7. The van der Waals surface area contributed by atoms with Crippen molar-refractivity contribution in [3.05, 3.63) is 22.8 Å². The first-order valence-electron chi connectivity index (χ1n) is 14.9. The zero-order valence-electron chi connectivity index (χ0n) is 26.2. The molecule has 0 saturated heterocycles. The molecule has 5 rings (SSSR count). The quantitative estimate of drug-likeness (QED) is 0.132. The van der Waals surface area contributed by atoms with Gasteiger partial charge in [-0.1, -0.05) is 55.8 Å². The van der Waals surface area contributed by atoms with Crippen LogP contribution in [-0.2, 0) is 18.9 Å². The third-order valence-electron chi connectivity index (χ3n) is 6.80. The summed E-state index contributed by atoms with van der Waals surface area (Å²) in [6.07, 6.45) is 2.79. The van der Waals surface area contributed by atoms with E-state index >= 15 is 0 Å². The Bertz CT molecular complexity index is 1650. The zero-order valence-corrected chi connectivity index (χ0v) is 29.4. The predicted molar refractivity (Wildman–Crippen MR) is 168 cm³/mol. The number of ether oxygens (including phenoxy) is 4. The van der Waals surface area contributed by atoms with Crippen molar-refractivity contribution in [3.63, 3.8) is 0 Å². The minimum Gasteiger partial charge on any atom is -0.461 e. The largest absolute Gasteiger partial charge is 0.461 e. The van der Waals surface area contributed by atoms with Gasteiger partial charge in [-0.25, -0.2) is 28.5 Å². The zero-order chi connectivity index (χ0) is 34.2. The second kappa shape index (κ2) is 16.4. The van der Waals surface area contributed by atoms with E-state index in [1.165, 1.54) is 0 Å². The lowest BCUT2D eigenvalue weighted by atomic mass is 9.90. The second-order valence-corrected chi connectivity index (χ2v) is 13.7. The highest BCUT2D eigenvalue weighted by Crippen LogP contribution is 2.45. The van der Waals surface area contributed by atoms with Gasteiger partial charge in [-0.3, -0.25) is 0 Å². The molecule has 1 fully saturated rings. The van der Waals surface area contributed by atoms with E-state index in [2.05, 4.69) is 39.8 Å². The summed E-state index contributed by atoms with van der Waals surface area (Å²) in [6.45, 7) is 7.20. The van der Waals surface area contributed by atoms with E-state index < -0.39 is 36.0 Å². The Kier molecular flexibility index (Phi) is 12.1. The summed E-state index contributed by atoms with van der Waals surface area (Å²) in [5, 5.41) is 25.7. The Hall–Kier alpha value is -4.02. The van der Waals surface area contributed by atoms with Gasteiger partial charge in [0.1, 0.15) is 18.5 Å². The third-order valence-corrected chi connectivity index (χ3v) is 10.7. The molecule has 1 aliphatic carbocycles. The standard InChI is InChI=1S/C26H30N10O8S4/c1-5-41-21(37)15-19(45-25-17(29-33-47-25)23(39)43-7-3)35(31-27-15)13-11-9-10-12-14(13)36-20(16(28-32-36)22(38)42-6-2)46-26-18(30-34-48-26)24(40)44-8-4/h13-14H,5-12H2,1-4H3/t13-,14-/m0/s1. The fraction of sp³-hybridized carbons (Fsp3) is 0.538. The average Bonchev–Trinajstić information content (AvgIpc) is 3.89. The SMILES string of the molecule is CCOC(=O)c1nnsc1Sc1c(C(=O)OCC)nnn1[C@H]1CCCC[C@@H]1n1nnc(C(=O)OCC)c1Sc1snnc1C(=O)OCC. The van der Waals surface area contributed by atoms with Gasteiger partial charge in [0.25, 0.3) is 0 Å². The van der Waals surface area contributed by atoms with Gasteiger partial charge in [0, 0.05) is 0 Å². The number of carbonyl (C=O) groups excluding carboxylic acids is 4. The normalized spacial score (nSPS) is 16.0. The summed E-state index contributed by atoms with van der Waals surface area (Å²) in [6, 6.07) is -0.909. The molecule has 18 nitrogen and oxygen atoms in total. The van der Waals surface area contributed by atoms with Gasteiger partial charge in [-0.2, -0.15) is 0 Å². The number of aromatic nitrogens is 10. The van der Waals surface area contributed by atoms with Crippen LogP contribution in [0.15, 0.2) is 18.5 Å². The molecule has 0 aliphatic heterocycles. The van der Waals surface area contributed by atoms with Crippen LogP contribution in [-0.4, -0.2) is 99.5 Å². The average molecular weight is 739 g/mol. The smallest absolute Gasteiger partial charge is 0.361 e. The van der Waals surface area contributed by atoms with Crippen molar-refractivity contribution in [1.82, 2.24) is 49.2 Å². The van der Waals surface area contributed by atoms with Crippen LogP contribution in [0.2, 0.25) is 0 Å². The third kappa shape index (κ3) is 7.50. The molecule has 4 aromatic rings. The summed E-state index contributed by atoms with van der Waals surface area (Å²) in [5.41, 5.74) is -0.104. The van der Waals surface area contributed by atoms with Crippen LogP contribution in [0.4, 0.5) is 0 Å². The van der Waals surface area contributed by atoms with Crippen LogP contribution in [0.1, 0.15) is 107 Å². The number of esters is 4. The second-order valence-electron chi connectivity index (χ2n) is 9.70. The van der Waals surface area contributed by atoms with Gasteiger partial charge in [0.15, 0.2) is 11.4 Å². The van der Waals surface area contributed by atoms with Gasteiger partial charge >= 0.3 is 23.9 Å². The number of nitrogens with zero attached hydrogens (tertiary/aromatic N) is 10. The van der Waals surface area contributed by atoms with Crippen molar-refractivity contribution in [3.8, 4) is 0 Å². The Labute approximate surface area is 289 Å². The molecule has 4 heterocycles. The first kappa shape index (κ1) is 35.3. The van der Waals surface area contributed by atoms with E-state index in [0.717, 1.165) is 59.4 Å². The Morgan fingerprint density at radius 1 is 0.604 bits per heavy atom. The van der Waals surface area contributed by atoms with Crippen molar-refractivity contribution >= 4 is 70.5 Å². The van der Waals surface area contributed by atoms with Crippen molar-refractivity contribution in [2.75, 3.05) is 26.4 Å². The van der Waals surface area contributed by atoms with Gasteiger partial charge in [0.05, 0.1) is 38.5 Å². The molecule has 22 heteroatoms. The molecule has 4 aromatic heterocycles. The predicted octanol–water partition coefficient (Wildman–Crippen LogP) is 3.94.